The number of hydrogen-bond donors (Lipinski definition) is 1. The molecule has 2 rings (SSSR count). The minimum Gasteiger partial charge on any atom is -0.348 e. The molecule has 0 bridgehead atoms. The van der Waals surface area contributed by atoms with E-state index in [-0.39, 0.29) is 11.6 Å². The Labute approximate surface area is 146 Å². The van der Waals surface area contributed by atoms with Gasteiger partial charge in [-0.25, -0.2) is 0 Å². The van der Waals surface area contributed by atoms with Gasteiger partial charge in [-0.15, -0.1) is 0 Å². The van der Waals surface area contributed by atoms with E-state index in [0.29, 0.717) is 12.1 Å². The standard InChI is InChI=1S/C19H21N3O3/c1-21(2)14-16-9-7-15(8-10-16)13-20-19(23)12-11-17-5-3-4-6-18(17)22(24)25/h3-12H,13-14H2,1-2H3,(H,20,23)/b12-11+. The summed E-state index contributed by atoms with van der Waals surface area (Å²) in [5, 5.41) is 13.7. The maximum atomic E-state index is 11.9. The van der Waals surface area contributed by atoms with E-state index in [1.54, 1.807) is 18.2 Å². The van der Waals surface area contributed by atoms with Crippen LogP contribution in [0.4, 0.5) is 5.69 Å². The second-order valence-corrected chi connectivity index (χ2v) is 5.92. The van der Waals surface area contributed by atoms with Crippen molar-refractivity contribution in [1.29, 1.82) is 0 Å². The average Bonchev–Trinajstić information content (AvgIpc) is 2.59. The van der Waals surface area contributed by atoms with E-state index >= 15 is 0 Å². The quantitative estimate of drug-likeness (QED) is 0.478. The molecule has 0 unspecified atom stereocenters. The summed E-state index contributed by atoms with van der Waals surface area (Å²) < 4.78 is 0. The van der Waals surface area contributed by atoms with Crippen LogP contribution in [0, 0.1) is 10.1 Å². The monoisotopic (exact) mass is 339 g/mol. The van der Waals surface area contributed by atoms with Gasteiger partial charge in [0, 0.05) is 25.2 Å². The summed E-state index contributed by atoms with van der Waals surface area (Å²) >= 11 is 0. The molecule has 1 amide bonds. The van der Waals surface area contributed by atoms with Crippen molar-refractivity contribution >= 4 is 17.7 Å². The minimum atomic E-state index is -0.465. The fourth-order valence-corrected chi connectivity index (χ4v) is 2.34. The van der Waals surface area contributed by atoms with Crippen molar-refractivity contribution in [2.24, 2.45) is 0 Å². The van der Waals surface area contributed by atoms with Gasteiger partial charge in [0.15, 0.2) is 0 Å². The normalized spacial score (nSPS) is 11.0. The van der Waals surface area contributed by atoms with Gasteiger partial charge >= 0.3 is 0 Å². The lowest BCUT2D eigenvalue weighted by Crippen LogP contribution is -2.20. The molecule has 0 aliphatic carbocycles. The predicted octanol–water partition coefficient (Wildman–Crippen LogP) is 2.99. The molecule has 25 heavy (non-hydrogen) atoms. The molecular formula is C19H21N3O3. The Morgan fingerprint density at radius 2 is 1.76 bits per heavy atom. The Bertz CT molecular complexity index is 768. The first-order valence-corrected chi connectivity index (χ1v) is 7.87. The summed E-state index contributed by atoms with van der Waals surface area (Å²) in [7, 11) is 4.02. The lowest BCUT2D eigenvalue weighted by atomic mass is 10.1. The zero-order valence-corrected chi connectivity index (χ0v) is 14.3. The fraction of sp³-hybridized carbons (Fsp3) is 0.211. The number of benzene rings is 2. The third kappa shape index (κ3) is 5.86. The van der Waals surface area contributed by atoms with Crippen molar-refractivity contribution < 1.29 is 9.72 Å². The molecule has 0 aromatic heterocycles. The van der Waals surface area contributed by atoms with Crippen molar-refractivity contribution in [2.45, 2.75) is 13.1 Å². The van der Waals surface area contributed by atoms with Crippen LogP contribution in [0.25, 0.3) is 6.08 Å². The summed E-state index contributed by atoms with van der Waals surface area (Å²) in [5.74, 6) is -0.296. The lowest BCUT2D eigenvalue weighted by Gasteiger charge is -2.10. The third-order valence-corrected chi connectivity index (χ3v) is 3.54. The van der Waals surface area contributed by atoms with Gasteiger partial charge in [-0.05, 0) is 37.4 Å². The fourth-order valence-electron chi connectivity index (χ4n) is 2.34. The van der Waals surface area contributed by atoms with E-state index in [1.807, 2.05) is 38.4 Å². The Kier molecular flexibility index (Phi) is 6.42. The second kappa shape index (κ2) is 8.75. The van der Waals surface area contributed by atoms with E-state index in [1.165, 1.54) is 23.8 Å². The van der Waals surface area contributed by atoms with Crippen LogP contribution < -0.4 is 5.32 Å². The summed E-state index contributed by atoms with van der Waals surface area (Å²) in [6.07, 6.45) is 2.76. The first-order chi connectivity index (χ1) is 12.0. The van der Waals surface area contributed by atoms with Crippen molar-refractivity contribution in [3.8, 4) is 0 Å². The number of nitro groups is 1. The summed E-state index contributed by atoms with van der Waals surface area (Å²) in [4.78, 5) is 24.5. The van der Waals surface area contributed by atoms with Crippen molar-refractivity contribution in [2.75, 3.05) is 14.1 Å². The van der Waals surface area contributed by atoms with Crippen LogP contribution in [0.15, 0.2) is 54.6 Å². The highest BCUT2D eigenvalue weighted by molar-refractivity contribution is 5.92. The van der Waals surface area contributed by atoms with Crippen LogP contribution in [0.2, 0.25) is 0 Å². The SMILES string of the molecule is CN(C)Cc1ccc(CNC(=O)/C=C/c2ccccc2[N+](=O)[O-])cc1. The molecule has 1 N–H and O–H groups in total. The number of nitrogens with one attached hydrogen (secondary N) is 1. The van der Waals surface area contributed by atoms with Gasteiger partial charge in [0.05, 0.1) is 10.5 Å². The molecule has 0 spiro atoms. The highest BCUT2D eigenvalue weighted by Gasteiger charge is 2.09. The molecule has 6 heteroatoms. The number of carbonyl (C=O) groups excluding carboxylic acids is 1. The number of carbonyl (C=O) groups is 1. The highest BCUT2D eigenvalue weighted by Crippen LogP contribution is 2.18. The molecular weight excluding hydrogens is 318 g/mol. The maximum Gasteiger partial charge on any atom is 0.276 e. The van der Waals surface area contributed by atoms with Gasteiger partial charge in [-0.3, -0.25) is 14.9 Å². The molecule has 0 saturated heterocycles. The van der Waals surface area contributed by atoms with Crippen LogP contribution in [0.1, 0.15) is 16.7 Å². The molecule has 0 saturated carbocycles. The van der Waals surface area contributed by atoms with E-state index in [9.17, 15) is 14.9 Å². The minimum absolute atomic E-state index is 0.0250. The first kappa shape index (κ1) is 18.4. The molecule has 6 nitrogen and oxygen atoms in total. The molecule has 2 aromatic rings. The molecule has 2 aromatic carbocycles. The van der Waals surface area contributed by atoms with E-state index < -0.39 is 4.92 Å². The van der Waals surface area contributed by atoms with E-state index in [4.69, 9.17) is 0 Å². The summed E-state index contributed by atoms with van der Waals surface area (Å²) in [6.45, 7) is 1.27. The van der Waals surface area contributed by atoms with Gasteiger partial charge in [0.2, 0.25) is 5.91 Å². The molecule has 0 atom stereocenters. The largest absolute Gasteiger partial charge is 0.348 e. The van der Waals surface area contributed by atoms with E-state index in [0.717, 1.165) is 12.1 Å². The molecule has 0 radical (unpaired) electrons. The molecule has 0 heterocycles. The number of hydrogen-bond acceptors (Lipinski definition) is 4. The van der Waals surface area contributed by atoms with Crippen LogP contribution in [-0.2, 0) is 17.9 Å². The number of amides is 1. The number of rotatable bonds is 7. The Balaban J connectivity index is 1.91. The second-order valence-electron chi connectivity index (χ2n) is 5.92. The molecule has 130 valence electrons. The van der Waals surface area contributed by atoms with Crippen molar-refractivity contribution in [3.05, 3.63) is 81.4 Å². The van der Waals surface area contributed by atoms with Gasteiger partial charge < -0.3 is 10.2 Å². The summed E-state index contributed by atoms with van der Waals surface area (Å²) in [6, 6.07) is 14.3. The number of nitro benzene ring substituents is 1. The van der Waals surface area contributed by atoms with Crippen LogP contribution >= 0.6 is 0 Å². The van der Waals surface area contributed by atoms with Gasteiger partial charge in [0.25, 0.3) is 5.69 Å². The van der Waals surface area contributed by atoms with Crippen molar-refractivity contribution in [3.63, 3.8) is 0 Å². The number of nitrogens with zero attached hydrogens (tertiary/aromatic N) is 2. The Morgan fingerprint density at radius 1 is 1.12 bits per heavy atom. The zero-order chi connectivity index (χ0) is 18.2. The predicted molar refractivity (Wildman–Crippen MR) is 97.8 cm³/mol. The van der Waals surface area contributed by atoms with Gasteiger partial charge in [-0.1, -0.05) is 36.4 Å². The molecule has 0 aliphatic rings. The molecule has 0 fully saturated rings. The first-order valence-electron chi connectivity index (χ1n) is 7.87. The van der Waals surface area contributed by atoms with Crippen molar-refractivity contribution in [1.82, 2.24) is 10.2 Å². The maximum absolute atomic E-state index is 11.9. The smallest absolute Gasteiger partial charge is 0.276 e. The van der Waals surface area contributed by atoms with Crippen LogP contribution in [-0.4, -0.2) is 29.8 Å². The van der Waals surface area contributed by atoms with Crippen LogP contribution in [0.3, 0.4) is 0 Å². The Hall–Kier alpha value is -2.99. The number of para-hydroxylation sites is 1. The van der Waals surface area contributed by atoms with Crippen LogP contribution in [0.5, 0.6) is 0 Å². The average molecular weight is 339 g/mol. The van der Waals surface area contributed by atoms with Gasteiger partial charge in [-0.2, -0.15) is 0 Å². The Morgan fingerprint density at radius 3 is 2.40 bits per heavy atom. The highest BCUT2D eigenvalue weighted by atomic mass is 16.6. The summed E-state index contributed by atoms with van der Waals surface area (Å²) in [5.41, 5.74) is 2.57. The zero-order valence-electron chi connectivity index (χ0n) is 14.3. The third-order valence-electron chi connectivity index (χ3n) is 3.54. The lowest BCUT2D eigenvalue weighted by molar-refractivity contribution is -0.385. The van der Waals surface area contributed by atoms with Gasteiger partial charge in [0.1, 0.15) is 0 Å². The topological polar surface area (TPSA) is 75.5 Å². The van der Waals surface area contributed by atoms with E-state index in [2.05, 4.69) is 10.2 Å². The molecule has 0 aliphatic heterocycles.